The van der Waals surface area contributed by atoms with Crippen LogP contribution in [0.4, 0.5) is 0 Å². The van der Waals surface area contributed by atoms with Crippen LogP contribution in [0.2, 0.25) is 0 Å². The lowest BCUT2D eigenvalue weighted by atomic mass is 9.80. The van der Waals surface area contributed by atoms with Crippen molar-refractivity contribution < 1.29 is 23.8 Å². The molecule has 1 aliphatic heterocycles. The minimum absolute atomic E-state index is 0.229. The van der Waals surface area contributed by atoms with Gasteiger partial charge in [-0.2, -0.15) is 0 Å². The number of allylic oxidation sites excluding steroid dienone is 2. The molecule has 8 heteroatoms. The molecule has 0 aliphatic carbocycles. The maximum Gasteiger partial charge on any atom is 0.336 e. The van der Waals surface area contributed by atoms with Crippen LogP contribution in [0.5, 0.6) is 5.75 Å². The summed E-state index contributed by atoms with van der Waals surface area (Å²) in [6, 6.07) is 15.7. The Morgan fingerprint density at radius 3 is 2.08 bits per heavy atom. The molecule has 7 nitrogen and oxygen atoms in total. The summed E-state index contributed by atoms with van der Waals surface area (Å²) in [5, 5.41) is 6.03. The van der Waals surface area contributed by atoms with Crippen LogP contribution in [0.25, 0.3) is 21.8 Å². The van der Waals surface area contributed by atoms with E-state index < -0.39 is 17.9 Å². The van der Waals surface area contributed by atoms with Crippen molar-refractivity contribution in [2.75, 3.05) is 19.8 Å². The SMILES string of the molecule is CCOC(=O)C1=C(C)NC(C)=C(C(=O)OCC)C1c1cccc(-c2nc(-c3ccc(OCC)cc3)cs2)c1. The standard InChI is InChI=1S/C30H32N2O5S/c1-6-35-23-14-12-20(13-15-23)24-17-38-28(32-24)22-11-9-10-21(16-22)27-25(29(33)36-7-2)18(4)31-19(5)26(27)30(34)37-8-3/h9-17,27,31H,6-8H2,1-5H3. The molecule has 2 heterocycles. The number of thiazole rings is 1. The van der Waals surface area contributed by atoms with E-state index in [9.17, 15) is 9.59 Å². The molecule has 0 radical (unpaired) electrons. The Bertz CT molecular complexity index is 1350. The third-order valence-corrected chi connectivity index (χ3v) is 7.07. The molecule has 0 saturated carbocycles. The van der Waals surface area contributed by atoms with Gasteiger partial charge in [0, 0.05) is 27.9 Å². The maximum atomic E-state index is 13.1. The van der Waals surface area contributed by atoms with Crippen molar-refractivity contribution >= 4 is 23.3 Å². The summed E-state index contributed by atoms with van der Waals surface area (Å²) in [7, 11) is 0. The van der Waals surface area contributed by atoms with Gasteiger partial charge in [0.15, 0.2) is 0 Å². The third-order valence-electron chi connectivity index (χ3n) is 6.18. The molecule has 1 N–H and O–H groups in total. The molecule has 0 unspecified atom stereocenters. The molecule has 0 saturated heterocycles. The van der Waals surface area contributed by atoms with Crippen LogP contribution in [0.1, 0.15) is 46.1 Å². The molecule has 0 atom stereocenters. The average Bonchev–Trinajstić information content (AvgIpc) is 3.39. The summed E-state index contributed by atoms with van der Waals surface area (Å²) in [5.74, 6) is -0.744. The third kappa shape index (κ3) is 5.65. The lowest BCUT2D eigenvalue weighted by Gasteiger charge is -2.30. The lowest BCUT2D eigenvalue weighted by molar-refractivity contribution is -0.139. The molecule has 4 rings (SSSR count). The van der Waals surface area contributed by atoms with Crippen molar-refractivity contribution in [3.8, 4) is 27.6 Å². The molecule has 2 aromatic carbocycles. The van der Waals surface area contributed by atoms with E-state index in [2.05, 4.69) is 5.32 Å². The number of hydrogen-bond acceptors (Lipinski definition) is 8. The smallest absolute Gasteiger partial charge is 0.336 e. The molecule has 0 spiro atoms. The molecule has 0 fully saturated rings. The lowest BCUT2D eigenvalue weighted by Crippen LogP contribution is -2.32. The van der Waals surface area contributed by atoms with Gasteiger partial charge in [-0.3, -0.25) is 0 Å². The molecule has 38 heavy (non-hydrogen) atoms. The normalized spacial score (nSPS) is 13.8. The Kier molecular flexibility index (Phi) is 8.63. The van der Waals surface area contributed by atoms with Crippen molar-refractivity contribution in [3.05, 3.63) is 82.0 Å². The number of esters is 2. The average molecular weight is 533 g/mol. The molecule has 0 amide bonds. The number of carbonyl (C=O) groups is 2. The second-order valence-electron chi connectivity index (χ2n) is 8.70. The highest BCUT2D eigenvalue weighted by Gasteiger charge is 2.38. The fourth-order valence-corrected chi connectivity index (χ4v) is 5.39. The van der Waals surface area contributed by atoms with E-state index in [1.54, 1.807) is 13.8 Å². The van der Waals surface area contributed by atoms with Crippen LogP contribution in [-0.2, 0) is 19.1 Å². The minimum Gasteiger partial charge on any atom is -0.494 e. The first kappa shape index (κ1) is 27.1. The highest BCUT2D eigenvalue weighted by Crippen LogP contribution is 2.41. The Labute approximate surface area is 227 Å². The van der Waals surface area contributed by atoms with Crippen LogP contribution >= 0.6 is 11.3 Å². The van der Waals surface area contributed by atoms with Crippen molar-refractivity contribution in [1.82, 2.24) is 10.3 Å². The van der Waals surface area contributed by atoms with Crippen molar-refractivity contribution in [2.24, 2.45) is 0 Å². The number of aromatic nitrogens is 1. The number of dihydropyridines is 1. The van der Waals surface area contributed by atoms with Gasteiger partial charge in [0.1, 0.15) is 10.8 Å². The van der Waals surface area contributed by atoms with E-state index in [0.29, 0.717) is 29.1 Å². The monoisotopic (exact) mass is 532 g/mol. The van der Waals surface area contributed by atoms with E-state index >= 15 is 0 Å². The summed E-state index contributed by atoms with van der Waals surface area (Å²) in [6.07, 6.45) is 0. The summed E-state index contributed by atoms with van der Waals surface area (Å²) < 4.78 is 16.3. The number of ether oxygens (including phenoxy) is 3. The van der Waals surface area contributed by atoms with Gasteiger partial charge in [-0.05, 0) is 70.5 Å². The van der Waals surface area contributed by atoms with Crippen LogP contribution in [-0.4, -0.2) is 36.7 Å². The van der Waals surface area contributed by atoms with Gasteiger partial charge in [-0.1, -0.05) is 18.2 Å². The first-order chi connectivity index (χ1) is 18.4. The molecule has 1 aromatic heterocycles. The van der Waals surface area contributed by atoms with Gasteiger partial charge in [0.2, 0.25) is 0 Å². The van der Waals surface area contributed by atoms with Gasteiger partial charge >= 0.3 is 11.9 Å². The molecule has 198 valence electrons. The van der Waals surface area contributed by atoms with E-state index in [-0.39, 0.29) is 13.2 Å². The molecular weight excluding hydrogens is 500 g/mol. The van der Waals surface area contributed by atoms with Crippen molar-refractivity contribution in [2.45, 2.75) is 40.5 Å². The minimum atomic E-state index is -0.639. The summed E-state index contributed by atoms with van der Waals surface area (Å²) >= 11 is 1.54. The predicted octanol–water partition coefficient (Wildman–Crippen LogP) is 6.24. The van der Waals surface area contributed by atoms with Crippen LogP contribution in [0.15, 0.2) is 76.5 Å². The second kappa shape index (κ2) is 12.1. The Morgan fingerprint density at radius 2 is 1.50 bits per heavy atom. The van der Waals surface area contributed by atoms with E-state index in [4.69, 9.17) is 19.2 Å². The Morgan fingerprint density at radius 1 is 0.868 bits per heavy atom. The zero-order chi connectivity index (χ0) is 27.2. The van der Waals surface area contributed by atoms with Gasteiger partial charge < -0.3 is 19.5 Å². The van der Waals surface area contributed by atoms with Gasteiger partial charge in [0.05, 0.1) is 42.6 Å². The van der Waals surface area contributed by atoms with Crippen LogP contribution in [0, 0.1) is 0 Å². The topological polar surface area (TPSA) is 86.8 Å². The van der Waals surface area contributed by atoms with Crippen molar-refractivity contribution in [1.29, 1.82) is 0 Å². The first-order valence-corrected chi connectivity index (χ1v) is 13.6. The number of benzene rings is 2. The van der Waals surface area contributed by atoms with E-state index in [1.807, 2.05) is 74.7 Å². The van der Waals surface area contributed by atoms with E-state index in [1.165, 1.54) is 11.3 Å². The van der Waals surface area contributed by atoms with Crippen LogP contribution < -0.4 is 10.1 Å². The zero-order valence-corrected chi connectivity index (χ0v) is 23.1. The molecule has 3 aromatic rings. The Balaban J connectivity index is 1.74. The number of nitrogens with zero attached hydrogens (tertiary/aromatic N) is 1. The predicted molar refractivity (Wildman–Crippen MR) is 149 cm³/mol. The first-order valence-electron chi connectivity index (χ1n) is 12.7. The second-order valence-corrected chi connectivity index (χ2v) is 9.56. The summed E-state index contributed by atoms with van der Waals surface area (Å²) in [4.78, 5) is 31.0. The quantitative estimate of drug-likeness (QED) is 0.327. The number of rotatable bonds is 9. The molecule has 0 bridgehead atoms. The van der Waals surface area contributed by atoms with E-state index in [0.717, 1.165) is 33.1 Å². The van der Waals surface area contributed by atoms with Crippen molar-refractivity contribution in [3.63, 3.8) is 0 Å². The van der Waals surface area contributed by atoms with Crippen LogP contribution in [0.3, 0.4) is 0 Å². The summed E-state index contributed by atoms with van der Waals surface area (Å²) in [6.45, 7) is 10.2. The van der Waals surface area contributed by atoms with Gasteiger partial charge in [0.25, 0.3) is 0 Å². The number of nitrogens with one attached hydrogen (secondary N) is 1. The maximum absolute atomic E-state index is 13.1. The van der Waals surface area contributed by atoms with Gasteiger partial charge in [-0.15, -0.1) is 11.3 Å². The highest BCUT2D eigenvalue weighted by atomic mass is 32.1. The fourth-order valence-electron chi connectivity index (χ4n) is 4.56. The highest BCUT2D eigenvalue weighted by molar-refractivity contribution is 7.13. The number of hydrogen-bond donors (Lipinski definition) is 1. The fraction of sp³-hybridized carbons (Fsp3) is 0.300. The molecular formula is C30H32N2O5S. The summed E-state index contributed by atoms with van der Waals surface area (Å²) in [5.41, 5.74) is 5.63. The Hall–Kier alpha value is -3.91. The van der Waals surface area contributed by atoms with Gasteiger partial charge in [-0.25, -0.2) is 14.6 Å². The molecule has 1 aliphatic rings. The largest absolute Gasteiger partial charge is 0.494 e. The zero-order valence-electron chi connectivity index (χ0n) is 22.3. The number of carbonyl (C=O) groups excluding carboxylic acids is 2.